The molecule has 0 heterocycles. The zero-order chi connectivity index (χ0) is 15.2. The fraction of sp³-hybridized carbons (Fsp3) is 0. The third-order valence-electron chi connectivity index (χ3n) is 0. The van der Waals surface area contributed by atoms with Crippen molar-refractivity contribution in [3.63, 3.8) is 0 Å². The predicted octanol–water partition coefficient (Wildman–Crippen LogP) is -7.73. The second-order valence-corrected chi connectivity index (χ2v) is 1.43. The van der Waals surface area contributed by atoms with Crippen molar-refractivity contribution in [1.82, 2.24) is 0 Å². The summed E-state index contributed by atoms with van der Waals surface area (Å²) in [5.74, 6) is 0. The normalized spacial score (nSPS) is 4.63. The van der Waals surface area contributed by atoms with Crippen LogP contribution in [0, 0.1) is 0 Å². The molecular weight excluding hydrogens is 1480 g/mol. The van der Waals surface area contributed by atoms with E-state index in [0.717, 1.165) is 0 Å². The molecular formula is H4O11P2Pb6. The minimum Gasteiger partial charge on any atom is 2.00 e. The maximum absolute atomic E-state index is 8.59. The summed E-state index contributed by atoms with van der Waals surface area (Å²) in [5, 5.41) is 0. The van der Waals surface area contributed by atoms with Gasteiger partial charge in [-0.3, -0.25) is 0 Å². The van der Waals surface area contributed by atoms with Crippen molar-refractivity contribution in [3.8, 4) is 0 Å². The summed E-state index contributed by atoms with van der Waals surface area (Å²) < 4.78 is 33.6. The van der Waals surface area contributed by atoms with Crippen LogP contribution in [0.1, 0.15) is 0 Å². The molecule has 0 unspecified atom stereocenters. The van der Waals surface area contributed by atoms with E-state index < -0.39 is 17.2 Å². The van der Waals surface area contributed by atoms with Gasteiger partial charge in [-0.2, -0.15) is 17.2 Å². The molecule has 19 heteroatoms. The largest absolute Gasteiger partial charge is 2.00 e. The summed E-state index contributed by atoms with van der Waals surface area (Å²) in [7, 11) is -6.24. The van der Waals surface area contributed by atoms with Gasteiger partial charge in [0.1, 0.15) is 0 Å². The van der Waals surface area contributed by atoms with Crippen LogP contribution in [0.5, 0.6) is 0 Å². The molecule has 0 aromatic carbocycles. The minimum atomic E-state index is -3.12. The Morgan fingerprint density at radius 3 is 0.579 bits per heavy atom. The van der Waals surface area contributed by atoms with Gasteiger partial charge in [-0.1, -0.05) is 0 Å². The van der Waals surface area contributed by atoms with E-state index in [9.17, 15) is 0 Å². The van der Waals surface area contributed by atoms with Gasteiger partial charge in [0, 0.05) is 0 Å². The molecule has 11 nitrogen and oxygen atoms in total. The maximum Gasteiger partial charge on any atom is 2.00 e. The SMILES string of the molecule is O.[O-]P([O-])O.[O-]P([O-])O.[O]=[Pb].[O]=[Pb].[O]=[Pb].[O]=[Pb].[Pb+2].[Pb+2]. The van der Waals surface area contributed by atoms with E-state index in [2.05, 4.69) is 0 Å². The van der Waals surface area contributed by atoms with Crippen LogP contribution in [0.2, 0.25) is 0 Å². The smallest absolute Gasteiger partial charge is 2.00 e. The quantitative estimate of drug-likeness (QED) is 0.172. The molecule has 0 saturated carbocycles. The fourth-order valence-electron chi connectivity index (χ4n) is 0. The molecule has 0 aromatic rings. The van der Waals surface area contributed by atoms with Crippen molar-refractivity contribution in [2.24, 2.45) is 0 Å². The molecule has 0 aliphatic carbocycles. The van der Waals surface area contributed by atoms with Crippen LogP contribution in [-0.2, 0) is 10.7 Å². The molecule has 0 bridgehead atoms. The molecule has 0 fully saturated rings. The summed E-state index contributed by atoms with van der Waals surface area (Å²) in [4.78, 5) is 48.4. The van der Waals surface area contributed by atoms with Crippen molar-refractivity contribution in [3.05, 3.63) is 0 Å². The third-order valence-corrected chi connectivity index (χ3v) is 0. The zero-order valence-corrected chi connectivity index (χ0v) is 33.7. The van der Waals surface area contributed by atoms with Gasteiger partial charge in [-0.05, 0) is 0 Å². The predicted molar refractivity (Wildman–Crippen MR) is 59.2 cm³/mol. The van der Waals surface area contributed by atoms with Gasteiger partial charge in [-0.25, -0.2) is 0 Å². The Kier molecular flexibility index (Phi) is 269. The first-order valence-corrected chi connectivity index (χ1v) is 10.6. The zero-order valence-electron chi connectivity index (χ0n) is 8.55. The van der Waals surface area contributed by atoms with Crippen LogP contribution < -0.4 is 19.6 Å². The fourth-order valence-corrected chi connectivity index (χ4v) is 0. The molecule has 0 aliphatic rings. The molecule has 0 atom stereocenters. The molecule has 0 rings (SSSR count). The summed E-state index contributed by atoms with van der Waals surface area (Å²) in [6.07, 6.45) is 0. The van der Waals surface area contributed by atoms with Crippen LogP contribution in [-0.4, -0.2) is 173 Å². The molecule has 104 valence electrons. The first-order chi connectivity index (χ1) is 7.46. The minimum absolute atomic E-state index is 0. The molecule has 0 aromatic heterocycles. The summed E-state index contributed by atoms with van der Waals surface area (Å²) in [6.45, 7) is 0. The van der Waals surface area contributed by atoms with Crippen molar-refractivity contribution in [2.45, 2.75) is 0 Å². The van der Waals surface area contributed by atoms with Gasteiger partial charge < -0.3 is 34.8 Å². The standard InChI is InChI=1S/2HO3P.H2O.4O.6Pb/c2*1-4(2)3;;;;;;;;;;;/h2*1H;1H2;;;;;;;;;;/q2*-2;;;;;;;;;;2*+2. The monoisotopic (exact) mass is 1490 g/mol. The number of hydrogen-bond donors (Lipinski definition) is 2. The summed E-state index contributed by atoms with van der Waals surface area (Å²) >= 11 is 0.222. The molecule has 0 saturated heterocycles. The summed E-state index contributed by atoms with van der Waals surface area (Å²) in [6, 6.07) is 0. The van der Waals surface area contributed by atoms with Crippen molar-refractivity contribution < 1.29 is 45.6 Å². The van der Waals surface area contributed by atoms with Crippen molar-refractivity contribution >= 4 is 175 Å². The van der Waals surface area contributed by atoms with Crippen molar-refractivity contribution in [1.29, 1.82) is 0 Å². The van der Waals surface area contributed by atoms with Crippen LogP contribution in [0.3, 0.4) is 0 Å². The molecule has 12 radical (unpaired) electrons. The molecule has 19 heavy (non-hydrogen) atoms. The Balaban J connectivity index is -0.00000000908. The molecule has 4 N–H and O–H groups in total. The van der Waals surface area contributed by atoms with Gasteiger partial charge in [0.2, 0.25) is 0 Å². The third kappa shape index (κ3) is 375. The molecule has 0 aliphatic heterocycles. The van der Waals surface area contributed by atoms with E-state index in [1.807, 2.05) is 0 Å². The van der Waals surface area contributed by atoms with Gasteiger partial charge in [-0.15, -0.1) is 0 Å². The molecule has 0 amide bonds. The van der Waals surface area contributed by atoms with E-state index >= 15 is 0 Å². The van der Waals surface area contributed by atoms with Gasteiger partial charge in [0.25, 0.3) is 0 Å². The van der Waals surface area contributed by atoms with E-state index in [1.165, 1.54) is 0 Å². The molecule has 0 spiro atoms. The van der Waals surface area contributed by atoms with Crippen molar-refractivity contribution in [2.75, 3.05) is 0 Å². The van der Waals surface area contributed by atoms with Gasteiger partial charge in [0.05, 0.1) is 0 Å². The van der Waals surface area contributed by atoms with Crippen LogP contribution in [0.4, 0.5) is 0 Å². The Labute approximate surface area is 216 Å². The van der Waals surface area contributed by atoms with Crippen LogP contribution >= 0.6 is 17.2 Å². The Morgan fingerprint density at radius 1 is 0.579 bits per heavy atom. The Hall–Kier alpha value is 5.31. The Bertz CT molecular complexity index is 68.1. The second-order valence-electron chi connectivity index (χ2n) is 0.476. The van der Waals surface area contributed by atoms with Gasteiger partial charge >= 0.3 is 168 Å². The average Bonchev–Trinajstić information content (AvgIpc) is 2.27. The average molecular weight is 1490 g/mol. The number of hydrogen-bond acceptors (Lipinski definition) is 10. The maximum atomic E-state index is 8.59. The van der Waals surface area contributed by atoms with Crippen LogP contribution in [0.25, 0.3) is 0 Å². The van der Waals surface area contributed by atoms with Gasteiger partial charge in [0.15, 0.2) is 0 Å². The van der Waals surface area contributed by atoms with Crippen LogP contribution in [0.15, 0.2) is 0 Å². The number of rotatable bonds is 0. The first-order valence-electron chi connectivity index (χ1n) is 1.95. The van der Waals surface area contributed by atoms with E-state index in [-0.39, 0.29) is 163 Å². The van der Waals surface area contributed by atoms with E-state index in [0.29, 0.717) is 0 Å². The Morgan fingerprint density at radius 2 is 0.579 bits per heavy atom. The second kappa shape index (κ2) is 90.7. The summed E-state index contributed by atoms with van der Waals surface area (Å²) in [5.41, 5.74) is 0. The van der Waals surface area contributed by atoms with E-state index in [1.54, 1.807) is 0 Å². The van der Waals surface area contributed by atoms with E-state index in [4.69, 9.17) is 40.1 Å². The topological polar surface area (TPSA) is 232 Å². The first kappa shape index (κ1) is 56.4.